The summed E-state index contributed by atoms with van der Waals surface area (Å²) in [6.07, 6.45) is 2.46. The number of methoxy groups -OCH3 is 1. The molecular formula is C20H23N3O4. The maximum absolute atomic E-state index is 12.6. The zero-order chi connectivity index (χ0) is 19.2. The number of nitro groups is 1. The van der Waals surface area contributed by atoms with E-state index in [1.165, 1.54) is 43.7 Å². The first-order valence-corrected chi connectivity index (χ1v) is 8.98. The topological polar surface area (TPSA) is 84.7 Å². The van der Waals surface area contributed by atoms with Gasteiger partial charge in [0, 0.05) is 25.2 Å². The van der Waals surface area contributed by atoms with Crippen molar-refractivity contribution in [1.82, 2.24) is 10.2 Å². The molecule has 3 rings (SSSR count). The lowest BCUT2D eigenvalue weighted by Crippen LogP contribution is -2.25. The Balaban J connectivity index is 1.72. The Labute approximate surface area is 158 Å². The van der Waals surface area contributed by atoms with Gasteiger partial charge >= 0.3 is 0 Å². The number of nitrogens with zero attached hydrogens (tertiary/aromatic N) is 2. The van der Waals surface area contributed by atoms with Crippen LogP contribution in [0.5, 0.6) is 5.75 Å². The third-order valence-corrected chi connectivity index (χ3v) is 4.79. The summed E-state index contributed by atoms with van der Waals surface area (Å²) in [5, 5.41) is 13.9. The number of likely N-dealkylation sites (tertiary alicyclic amines) is 1. The van der Waals surface area contributed by atoms with Gasteiger partial charge in [0.1, 0.15) is 5.75 Å². The average Bonchev–Trinajstić information content (AvgIpc) is 3.19. The maximum Gasteiger partial charge on any atom is 0.270 e. The molecule has 1 aliphatic rings. The van der Waals surface area contributed by atoms with E-state index in [-0.39, 0.29) is 11.3 Å². The number of rotatable bonds is 7. The molecule has 1 heterocycles. The third-order valence-electron chi connectivity index (χ3n) is 4.79. The first kappa shape index (κ1) is 18.8. The van der Waals surface area contributed by atoms with Crippen molar-refractivity contribution >= 4 is 11.6 Å². The number of hydrogen-bond acceptors (Lipinski definition) is 5. The zero-order valence-corrected chi connectivity index (χ0v) is 15.3. The first-order chi connectivity index (χ1) is 13.1. The van der Waals surface area contributed by atoms with Gasteiger partial charge in [0.15, 0.2) is 0 Å². The lowest BCUT2D eigenvalue weighted by atomic mass is 10.1. The van der Waals surface area contributed by atoms with Crippen LogP contribution in [0.15, 0.2) is 42.5 Å². The standard InChI is InChI=1S/C20H23N3O4/c1-27-19-9-8-17(23(25)26)12-18(19)20(24)21-13-15-6-2-3-7-16(15)14-22-10-4-5-11-22/h2-3,6-9,12H,4-5,10-11,13-14H2,1H3,(H,21,24). The van der Waals surface area contributed by atoms with Gasteiger partial charge in [-0.15, -0.1) is 0 Å². The van der Waals surface area contributed by atoms with E-state index in [1.54, 1.807) is 0 Å². The van der Waals surface area contributed by atoms with Crippen molar-refractivity contribution in [2.45, 2.75) is 25.9 Å². The number of ether oxygens (including phenoxy) is 1. The highest BCUT2D eigenvalue weighted by Gasteiger charge is 2.18. The number of nitrogens with one attached hydrogen (secondary N) is 1. The van der Waals surface area contributed by atoms with Crippen molar-refractivity contribution in [2.24, 2.45) is 0 Å². The second kappa shape index (κ2) is 8.64. The van der Waals surface area contributed by atoms with E-state index in [9.17, 15) is 14.9 Å². The summed E-state index contributed by atoms with van der Waals surface area (Å²) in [7, 11) is 1.43. The predicted molar refractivity (Wildman–Crippen MR) is 102 cm³/mol. The normalized spacial score (nSPS) is 14.1. The molecule has 0 atom stereocenters. The van der Waals surface area contributed by atoms with E-state index in [0.717, 1.165) is 25.2 Å². The number of non-ortho nitro benzene ring substituents is 1. The predicted octanol–water partition coefficient (Wildman–Crippen LogP) is 3.13. The van der Waals surface area contributed by atoms with Crippen molar-refractivity contribution in [3.63, 3.8) is 0 Å². The van der Waals surface area contributed by atoms with Gasteiger partial charge in [-0.25, -0.2) is 0 Å². The Morgan fingerprint density at radius 2 is 1.89 bits per heavy atom. The van der Waals surface area contributed by atoms with Crippen LogP contribution in [0.25, 0.3) is 0 Å². The summed E-state index contributed by atoms with van der Waals surface area (Å²) in [6, 6.07) is 12.0. The summed E-state index contributed by atoms with van der Waals surface area (Å²) >= 11 is 0. The van der Waals surface area contributed by atoms with Crippen molar-refractivity contribution in [1.29, 1.82) is 0 Å². The molecule has 0 aliphatic carbocycles. The van der Waals surface area contributed by atoms with Gasteiger partial charge in [-0.1, -0.05) is 24.3 Å². The van der Waals surface area contributed by atoms with Crippen LogP contribution in [0.3, 0.4) is 0 Å². The summed E-state index contributed by atoms with van der Waals surface area (Å²) in [4.78, 5) is 25.5. The van der Waals surface area contributed by atoms with E-state index >= 15 is 0 Å². The monoisotopic (exact) mass is 369 g/mol. The molecule has 1 fully saturated rings. The minimum atomic E-state index is -0.526. The number of hydrogen-bond donors (Lipinski definition) is 1. The second-order valence-electron chi connectivity index (χ2n) is 6.58. The molecule has 1 saturated heterocycles. The molecule has 2 aromatic carbocycles. The highest BCUT2D eigenvalue weighted by Crippen LogP contribution is 2.24. The Morgan fingerprint density at radius 3 is 2.56 bits per heavy atom. The molecule has 0 bridgehead atoms. The fraction of sp³-hybridized carbons (Fsp3) is 0.350. The van der Waals surface area contributed by atoms with Crippen LogP contribution in [0, 0.1) is 10.1 Å². The van der Waals surface area contributed by atoms with Gasteiger partial charge < -0.3 is 10.1 Å². The minimum Gasteiger partial charge on any atom is -0.496 e. The molecule has 142 valence electrons. The second-order valence-corrected chi connectivity index (χ2v) is 6.58. The SMILES string of the molecule is COc1ccc([N+](=O)[O-])cc1C(=O)NCc1ccccc1CN1CCCC1. The Kier molecular flexibility index (Phi) is 6.03. The van der Waals surface area contributed by atoms with Crippen molar-refractivity contribution in [2.75, 3.05) is 20.2 Å². The van der Waals surface area contributed by atoms with Crippen LogP contribution < -0.4 is 10.1 Å². The average molecular weight is 369 g/mol. The molecule has 0 unspecified atom stereocenters. The van der Waals surface area contributed by atoms with E-state index in [1.807, 2.05) is 18.2 Å². The molecule has 1 aliphatic heterocycles. The van der Waals surface area contributed by atoms with E-state index in [2.05, 4.69) is 16.3 Å². The Bertz CT molecular complexity index is 832. The van der Waals surface area contributed by atoms with Gasteiger partial charge in [0.05, 0.1) is 17.6 Å². The van der Waals surface area contributed by atoms with Gasteiger partial charge in [0.2, 0.25) is 0 Å². The molecular weight excluding hydrogens is 346 g/mol. The minimum absolute atomic E-state index is 0.143. The number of carbonyl (C=O) groups is 1. The van der Waals surface area contributed by atoms with Crippen LogP contribution in [0.2, 0.25) is 0 Å². The first-order valence-electron chi connectivity index (χ1n) is 8.98. The summed E-state index contributed by atoms with van der Waals surface area (Å²) in [5.41, 5.74) is 2.24. The molecule has 0 saturated carbocycles. The van der Waals surface area contributed by atoms with Crippen LogP contribution in [-0.4, -0.2) is 35.9 Å². The molecule has 2 aromatic rings. The van der Waals surface area contributed by atoms with Gasteiger partial charge in [-0.2, -0.15) is 0 Å². The Morgan fingerprint density at radius 1 is 1.19 bits per heavy atom. The van der Waals surface area contributed by atoms with E-state index in [4.69, 9.17) is 4.74 Å². The summed E-state index contributed by atoms with van der Waals surface area (Å²) < 4.78 is 5.18. The molecule has 0 radical (unpaired) electrons. The number of amides is 1. The lowest BCUT2D eigenvalue weighted by molar-refractivity contribution is -0.384. The van der Waals surface area contributed by atoms with Gasteiger partial charge in [-0.05, 0) is 43.1 Å². The lowest BCUT2D eigenvalue weighted by Gasteiger charge is -2.18. The van der Waals surface area contributed by atoms with Crippen molar-refractivity contribution < 1.29 is 14.5 Å². The van der Waals surface area contributed by atoms with Gasteiger partial charge in [-0.3, -0.25) is 19.8 Å². The van der Waals surface area contributed by atoms with Crippen LogP contribution in [0.4, 0.5) is 5.69 Å². The maximum atomic E-state index is 12.6. The molecule has 27 heavy (non-hydrogen) atoms. The quantitative estimate of drug-likeness (QED) is 0.599. The van der Waals surface area contributed by atoms with Crippen LogP contribution in [0.1, 0.15) is 34.3 Å². The summed E-state index contributed by atoms with van der Waals surface area (Å²) in [6.45, 7) is 3.43. The molecule has 0 spiro atoms. The van der Waals surface area contributed by atoms with Crippen LogP contribution >= 0.6 is 0 Å². The third kappa shape index (κ3) is 4.62. The number of benzene rings is 2. The summed E-state index contributed by atoms with van der Waals surface area (Å²) in [5.74, 6) is -0.0880. The highest BCUT2D eigenvalue weighted by molar-refractivity contribution is 5.97. The van der Waals surface area contributed by atoms with Crippen molar-refractivity contribution in [3.8, 4) is 5.75 Å². The molecule has 7 heteroatoms. The Hall–Kier alpha value is -2.93. The van der Waals surface area contributed by atoms with E-state index in [0.29, 0.717) is 12.3 Å². The molecule has 1 N–H and O–H groups in total. The molecule has 1 amide bonds. The molecule has 0 aromatic heterocycles. The smallest absolute Gasteiger partial charge is 0.270 e. The number of carbonyl (C=O) groups excluding carboxylic acids is 1. The highest BCUT2D eigenvalue weighted by atomic mass is 16.6. The zero-order valence-electron chi connectivity index (χ0n) is 15.3. The largest absolute Gasteiger partial charge is 0.496 e. The van der Waals surface area contributed by atoms with Crippen molar-refractivity contribution in [3.05, 3.63) is 69.3 Å². The fourth-order valence-corrected chi connectivity index (χ4v) is 3.32. The van der Waals surface area contributed by atoms with Crippen LogP contribution in [-0.2, 0) is 13.1 Å². The van der Waals surface area contributed by atoms with E-state index < -0.39 is 10.8 Å². The number of nitro benzene ring substituents is 1. The molecule has 7 nitrogen and oxygen atoms in total. The van der Waals surface area contributed by atoms with Gasteiger partial charge in [0.25, 0.3) is 11.6 Å². The fourth-order valence-electron chi connectivity index (χ4n) is 3.32.